The Labute approximate surface area is 185 Å². The molecule has 3 N–H and O–H groups in total. The second-order valence-corrected chi connectivity index (χ2v) is 8.48. The summed E-state index contributed by atoms with van der Waals surface area (Å²) in [6.07, 6.45) is -0.437. The van der Waals surface area contributed by atoms with Crippen LogP contribution >= 0.6 is 11.8 Å². The molecule has 0 radical (unpaired) electrons. The summed E-state index contributed by atoms with van der Waals surface area (Å²) >= 11 is 1.24. The van der Waals surface area contributed by atoms with E-state index in [-0.39, 0.29) is 36.6 Å². The molecule has 0 aliphatic heterocycles. The lowest BCUT2D eigenvalue weighted by Gasteiger charge is -2.17. The SMILES string of the molecule is C[C@@H](CC(=O)NCCSCC(=O)O)NC(=O)OCC1c2ccccc2-c2ccccc21. The highest BCUT2D eigenvalue weighted by Gasteiger charge is 2.29. The Kier molecular flexibility index (Phi) is 7.94. The topological polar surface area (TPSA) is 105 Å². The molecule has 0 unspecified atom stereocenters. The Bertz CT molecular complexity index is 904. The highest BCUT2D eigenvalue weighted by Crippen LogP contribution is 2.44. The molecule has 8 heteroatoms. The summed E-state index contributed by atoms with van der Waals surface area (Å²) in [5.41, 5.74) is 4.62. The molecule has 3 rings (SSSR count). The fraction of sp³-hybridized carbons (Fsp3) is 0.348. The molecule has 0 bridgehead atoms. The molecular formula is C23H26N2O5S. The zero-order chi connectivity index (χ0) is 22.2. The Morgan fingerprint density at radius 3 is 2.29 bits per heavy atom. The molecule has 2 amide bonds. The Morgan fingerprint density at radius 1 is 1.06 bits per heavy atom. The maximum atomic E-state index is 12.3. The number of nitrogens with one attached hydrogen (secondary N) is 2. The van der Waals surface area contributed by atoms with E-state index in [1.165, 1.54) is 22.9 Å². The minimum absolute atomic E-state index is 0.00954. The summed E-state index contributed by atoms with van der Waals surface area (Å²) in [6, 6.07) is 15.9. The quantitative estimate of drug-likeness (QED) is 0.488. The minimum Gasteiger partial charge on any atom is -0.481 e. The Morgan fingerprint density at radius 2 is 1.68 bits per heavy atom. The molecule has 0 spiro atoms. The third-order valence-electron chi connectivity index (χ3n) is 4.99. The van der Waals surface area contributed by atoms with Crippen molar-refractivity contribution in [1.82, 2.24) is 10.6 Å². The molecule has 2 aromatic carbocycles. The lowest BCUT2D eigenvalue weighted by Crippen LogP contribution is -2.38. The van der Waals surface area contributed by atoms with Crippen molar-refractivity contribution in [2.75, 3.05) is 24.7 Å². The number of amides is 2. The Hall–Kier alpha value is -3.00. The van der Waals surface area contributed by atoms with Crippen molar-refractivity contribution in [2.45, 2.75) is 25.3 Å². The van der Waals surface area contributed by atoms with Gasteiger partial charge in [0.15, 0.2) is 0 Å². The molecule has 0 aromatic heterocycles. The van der Waals surface area contributed by atoms with Gasteiger partial charge in [-0.15, -0.1) is 11.8 Å². The van der Waals surface area contributed by atoms with Crippen molar-refractivity contribution in [1.29, 1.82) is 0 Å². The van der Waals surface area contributed by atoms with Crippen LogP contribution in [0.15, 0.2) is 48.5 Å². The molecule has 1 atom stereocenters. The van der Waals surface area contributed by atoms with Crippen molar-refractivity contribution >= 4 is 29.7 Å². The Balaban J connectivity index is 1.43. The fourth-order valence-corrected chi connectivity index (χ4v) is 4.23. The monoisotopic (exact) mass is 442 g/mol. The van der Waals surface area contributed by atoms with Gasteiger partial charge >= 0.3 is 12.1 Å². The summed E-state index contributed by atoms with van der Waals surface area (Å²) in [5.74, 6) is -0.568. The van der Waals surface area contributed by atoms with Gasteiger partial charge in [-0.05, 0) is 29.2 Å². The number of alkyl carbamates (subject to hydrolysis) is 1. The number of hydrogen-bond donors (Lipinski definition) is 3. The molecule has 0 saturated carbocycles. The minimum atomic E-state index is -0.878. The van der Waals surface area contributed by atoms with Gasteiger partial charge in [-0.25, -0.2) is 4.79 Å². The van der Waals surface area contributed by atoms with E-state index in [2.05, 4.69) is 34.9 Å². The van der Waals surface area contributed by atoms with E-state index in [0.717, 1.165) is 11.1 Å². The van der Waals surface area contributed by atoms with Gasteiger partial charge < -0.3 is 20.5 Å². The number of thioether (sulfide) groups is 1. The first-order valence-electron chi connectivity index (χ1n) is 10.1. The number of benzene rings is 2. The first-order valence-corrected chi connectivity index (χ1v) is 11.3. The number of carboxylic acids is 1. The number of hydrogen-bond acceptors (Lipinski definition) is 5. The molecule has 0 heterocycles. The molecule has 1 aliphatic carbocycles. The fourth-order valence-electron chi connectivity index (χ4n) is 3.66. The number of ether oxygens (including phenoxy) is 1. The average Bonchev–Trinajstić information content (AvgIpc) is 3.05. The third kappa shape index (κ3) is 6.24. The van der Waals surface area contributed by atoms with E-state index < -0.39 is 12.1 Å². The number of rotatable bonds is 10. The molecule has 0 saturated heterocycles. The van der Waals surface area contributed by atoms with E-state index in [1.807, 2.05) is 24.3 Å². The van der Waals surface area contributed by atoms with Crippen molar-refractivity contribution in [2.24, 2.45) is 0 Å². The van der Waals surface area contributed by atoms with E-state index >= 15 is 0 Å². The van der Waals surface area contributed by atoms with Crippen molar-refractivity contribution in [3.63, 3.8) is 0 Å². The van der Waals surface area contributed by atoms with Gasteiger partial charge in [0, 0.05) is 30.7 Å². The highest BCUT2D eigenvalue weighted by molar-refractivity contribution is 7.99. The lowest BCUT2D eigenvalue weighted by molar-refractivity contribution is -0.133. The molecule has 1 aliphatic rings. The van der Waals surface area contributed by atoms with Crippen LogP contribution in [0.4, 0.5) is 4.79 Å². The summed E-state index contributed by atoms with van der Waals surface area (Å²) in [6.45, 7) is 2.34. The molecular weight excluding hydrogens is 416 g/mol. The van der Waals surface area contributed by atoms with Crippen molar-refractivity contribution < 1.29 is 24.2 Å². The third-order valence-corrected chi connectivity index (χ3v) is 5.94. The number of fused-ring (bicyclic) bond motifs is 3. The largest absolute Gasteiger partial charge is 0.481 e. The number of carbonyl (C=O) groups is 3. The number of carbonyl (C=O) groups excluding carboxylic acids is 2. The van der Waals surface area contributed by atoms with Gasteiger partial charge in [-0.2, -0.15) is 0 Å². The van der Waals surface area contributed by atoms with Crippen molar-refractivity contribution in [3.05, 3.63) is 59.7 Å². The first kappa shape index (κ1) is 22.7. The van der Waals surface area contributed by atoms with Gasteiger partial charge in [0.25, 0.3) is 0 Å². The first-order chi connectivity index (χ1) is 15.0. The second kappa shape index (κ2) is 10.9. The van der Waals surface area contributed by atoms with E-state index in [0.29, 0.717) is 12.3 Å². The van der Waals surface area contributed by atoms with Crippen LogP contribution in [0.25, 0.3) is 11.1 Å². The van der Waals surface area contributed by atoms with E-state index in [1.54, 1.807) is 6.92 Å². The predicted molar refractivity (Wildman–Crippen MR) is 120 cm³/mol. The lowest BCUT2D eigenvalue weighted by atomic mass is 9.98. The van der Waals surface area contributed by atoms with Gasteiger partial charge in [0.1, 0.15) is 6.61 Å². The van der Waals surface area contributed by atoms with Crippen LogP contribution in [0.1, 0.15) is 30.4 Å². The summed E-state index contributed by atoms with van der Waals surface area (Å²) in [7, 11) is 0. The average molecular weight is 443 g/mol. The van der Waals surface area contributed by atoms with E-state index in [9.17, 15) is 14.4 Å². The molecule has 164 valence electrons. The van der Waals surface area contributed by atoms with Crippen LogP contribution in [0, 0.1) is 0 Å². The predicted octanol–water partition coefficient (Wildman–Crippen LogP) is 3.24. The smallest absolute Gasteiger partial charge is 0.407 e. The van der Waals surface area contributed by atoms with Gasteiger partial charge in [-0.1, -0.05) is 48.5 Å². The molecule has 7 nitrogen and oxygen atoms in total. The highest BCUT2D eigenvalue weighted by atomic mass is 32.2. The van der Waals surface area contributed by atoms with Crippen LogP contribution in [0.5, 0.6) is 0 Å². The van der Waals surface area contributed by atoms with Crippen LogP contribution < -0.4 is 10.6 Å². The van der Waals surface area contributed by atoms with Crippen molar-refractivity contribution in [3.8, 4) is 11.1 Å². The molecule has 0 fully saturated rings. The van der Waals surface area contributed by atoms with Crippen LogP contribution in [-0.4, -0.2) is 53.8 Å². The zero-order valence-corrected chi connectivity index (χ0v) is 18.1. The van der Waals surface area contributed by atoms with Crippen LogP contribution in [-0.2, 0) is 14.3 Å². The molecule has 31 heavy (non-hydrogen) atoms. The van der Waals surface area contributed by atoms with Crippen LogP contribution in [0.2, 0.25) is 0 Å². The number of carboxylic acid groups (broad SMARTS) is 1. The zero-order valence-electron chi connectivity index (χ0n) is 17.3. The maximum absolute atomic E-state index is 12.3. The van der Waals surface area contributed by atoms with Gasteiger partial charge in [0.2, 0.25) is 5.91 Å². The number of aliphatic carboxylic acids is 1. The van der Waals surface area contributed by atoms with E-state index in [4.69, 9.17) is 9.84 Å². The van der Waals surface area contributed by atoms with Gasteiger partial charge in [-0.3, -0.25) is 9.59 Å². The molecule has 2 aromatic rings. The summed E-state index contributed by atoms with van der Waals surface area (Å²) in [4.78, 5) is 34.6. The summed E-state index contributed by atoms with van der Waals surface area (Å²) in [5, 5.41) is 14.0. The normalized spacial score (nSPS) is 13.1. The van der Waals surface area contributed by atoms with Crippen LogP contribution in [0.3, 0.4) is 0 Å². The van der Waals surface area contributed by atoms with Gasteiger partial charge in [0.05, 0.1) is 5.75 Å². The second-order valence-electron chi connectivity index (χ2n) is 7.37. The maximum Gasteiger partial charge on any atom is 0.407 e. The standard InChI is InChI=1S/C23H26N2O5S/c1-15(12-21(26)24-10-11-31-14-22(27)28)25-23(29)30-13-20-18-8-4-2-6-16(18)17-7-3-5-9-19(17)20/h2-9,15,20H,10-14H2,1H3,(H,24,26)(H,25,29)(H,27,28)/t15-/m0/s1. The summed E-state index contributed by atoms with van der Waals surface area (Å²) < 4.78 is 5.49.